The lowest BCUT2D eigenvalue weighted by atomic mass is 10.0. The van der Waals surface area contributed by atoms with Crippen LogP contribution >= 0.6 is 0 Å². The van der Waals surface area contributed by atoms with E-state index >= 15 is 0 Å². The van der Waals surface area contributed by atoms with Gasteiger partial charge >= 0.3 is 5.97 Å². The molecule has 0 saturated heterocycles. The van der Waals surface area contributed by atoms with Gasteiger partial charge in [-0.15, -0.1) is 0 Å². The maximum Gasteiger partial charge on any atom is 0.303 e. The van der Waals surface area contributed by atoms with E-state index in [0.717, 1.165) is 5.56 Å². The van der Waals surface area contributed by atoms with Gasteiger partial charge in [0.05, 0.1) is 12.6 Å². The molecule has 6 nitrogen and oxygen atoms in total. The number of rotatable bonds is 7. The number of aliphatic carboxylic acids is 1. The Morgan fingerprint density at radius 3 is 2.89 bits per heavy atom. The van der Waals surface area contributed by atoms with E-state index in [1.165, 1.54) is 0 Å². The SMILES string of the molecule is CCOc1ccccc1C(CCC(=O)O)N=[N+]=[N-]. The average molecular weight is 249 g/mol. The van der Waals surface area contributed by atoms with Gasteiger partial charge in [-0.1, -0.05) is 23.3 Å². The van der Waals surface area contributed by atoms with Gasteiger partial charge in [0, 0.05) is 16.9 Å². The van der Waals surface area contributed by atoms with Crippen molar-refractivity contribution in [1.82, 2.24) is 0 Å². The fraction of sp³-hybridized carbons (Fsp3) is 0.417. The summed E-state index contributed by atoms with van der Waals surface area (Å²) in [5, 5.41) is 12.3. The van der Waals surface area contributed by atoms with E-state index in [4.69, 9.17) is 15.4 Å². The Kier molecular flexibility index (Phi) is 5.54. The largest absolute Gasteiger partial charge is 0.494 e. The average Bonchev–Trinajstić information content (AvgIpc) is 2.35. The Morgan fingerprint density at radius 1 is 1.56 bits per heavy atom. The number of benzene rings is 1. The summed E-state index contributed by atoms with van der Waals surface area (Å²) in [7, 11) is 0. The topological polar surface area (TPSA) is 95.3 Å². The fourth-order valence-corrected chi connectivity index (χ4v) is 1.64. The van der Waals surface area contributed by atoms with Crippen molar-refractivity contribution >= 4 is 5.97 Å². The highest BCUT2D eigenvalue weighted by Crippen LogP contribution is 2.31. The summed E-state index contributed by atoms with van der Waals surface area (Å²) in [6.07, 6.45) is 0.202. The van der Waals surface area contributed by atoms with Gasteiger partial charge in [0.25, 0.3) is 0 Å². The molecule has 0 saturated carbocycles. The van der Waals surface area contributed by atoms with E-state index in [1.807, 2.05) is 13.0 Å². The molecule has 18 heavy (non-hydrogen) atoms. The van der Waals surface area contributed by atoms with Gasteiger partial charge in [0.1, 0.15) is 5.75 Å². The van der Waals surface area contributed by atoms with Gasteiger partial charge in [-0.05, 0) is 24.9 Å². The number of azide groups is 1. The number of hydrogen-bond acceptors (Lipinski definition) is 3. The molecule has 1 aromatic rings. The third kappa shape index (κ3) is 3.99. The minimum absolute atomic E-state index is 0.0514. The highest BCUT2D eigenvalue weighted by Gasteiger charge is 2.15. The van der Waals surface area contributed by atoms with Gasteiger partial charge in [0.15, 0.2) is 0 Å². The van der Waals surface area contributed by atoms with Crippen LogP contribution in [0.3, 0.4) is 0 Å². The van der Waals surface area contributed by atoms with Crippen LogP contribution in [0.25, 0.3) is 10.4 Å². The van der Waals surface area contributed by atoms with E-state index < -0.39 is 12.0 Å². The van der Waals surface area contributed by atoms with E-state index in [-0.39, 0.29) is 12.8 Å². The molecule has 1 unspecified atom stereocenters. The molecule has 6 heteroatoms. The van der Waals surface area contributed by atoms with Gasteiger partial charge in [-0.3, -0.25) is 4.79 Å². The number of hydrogen-bond donors (Lipinski definition) is 1. The van der Waals surface area contributed by atoms with E-state index in [2.05, 4.69) is 10.0 Å². The van der Waals surface area contributed by atoms with Crippen molar-refractivity contribution in [2.45, 2.75) is 25.8 Å². The molecule has 0 aromatic heterocycles. The van der Waals surface area contributed by atoms with Crippen molar-refractivity contribution in [1.29, 1.82) is 0 Å². The fourth-order valence-electron chi connectivity index (χ4n) is 1.64. The van der Waals surface area contributed by atoms with Crippen LogP contribution in [0.15, 0.2) is 29.4 Å². The van der Waals surface area contributed by atoms with E-state index in [9.17, 15) is 4.79 Å². The number of para-hydroxylation sites is 1. The molecule has 1 rings (SSSR count). The first-order chi connectivity index (χ1) is 8.69. The third-order valence-electron chi connectivity index (χ3n) is 2.40. The maximum absolute atomic E-state index is 10.6. The molecule has 0 aliphatic carbocycles. The van der Waals surface area contributed by atoms with Gasteiger partial charge in [-0.25, -0.2) is 0 Å². The van der Waals surface area contributed by atoms with Crippen molar-refractivity contribution in [3.8, 4) is 5.75 Å². The molecule has 0 aliphatic rings. The molecule has 1 N–H and O–H groups in total. The highest BCUT2D eigenvalue weighted by atomic mass is 16.5. The first-order valence-corrected chi connectivity index (χ1v) is 5.66. The quantitative estimate of drug-likeness (QED) is 0.456. The molecule has 0 fully saturated rings. The Bertz CT molecular complexity index is 456. The van der Waals surface area contributed by atoms with Crippen LogP contribution in [-0.4, -0.2) is 17.7 Å². The predicted molar refractivity (Wildman–Crippen MR) is 66.4 cm³/mol. The highest BCUT2D eigenvalue weighted by molar-refractivity contribution is 5.66. The Morgan fingerprint density at radius 2 is 2.28 bits per heavy atom. The first-order valence-electron chi connectivity index (χ1n) is 5.66. The molecule has 0 aliphatic heterocycles. The standard InChI is InChI=1S/C12H15N3O3/c1-2-18-11-6-4-3-5-9(11)10(14-15-13)7-8-12(16)17/h3-6,10H,2,7-8H2,1H3,(H,16,17). The summed E-state index contributed by atoms with van der Waals surface area (Å²) in [5.74, 6) is -0.287. The van der Waals surface area contributed by atoms with Crippen LogP contribution in [0.2, 0.25) is 0 Å². The predicted octanol–water partition coefficient (Wildman–Crippen LogP) is 3.30. The van der Waals surface area contributed by atoms with Gasteiger partial charge in [-0.2, -0.15) is 0 Å². The van der Waals surface area contributed by atoms with Gasteiger partial charge < -0.3 is 9.84 Å². The second kappa shape index (κ2) is 7.19. The van der Waals surface area contributed by atoms with Crippen molar-refractivity contribution in [3.63, 3.8) is 0 Å². The molecular weight excluding hydrogens is 234 g/mol. The summed E-state index contributed by atoms with van der Waals surface area (Å²) < 4.78 is 5.44. The van der Waals surface area contributed by atoms with Crippen LogP contribution in [0.4, 0.5) is 0 Å². The van der Waals surface area contributed by atoms with Crippen LogP contribution in [-0.2, 0) is 4.79 Å². The van der Waals surface area contributed by atoms with Crippen LogP contribution in [0.1, 0.15) is 31.4 Å². The minimum atomic E-state index is -0.915. The number of nitrogens with zero attached hydrogens (tertiary/aromatic N) is 3. The smallest absolute Gasteiger partial charge is 0.303 e. The maximum atomic E-state index is 10.6. The molecular formula is C12H15N3O3. The van der Waals surface area contributed by atoms with Crippen LogP contribution in [0, 0.1) is 0 Å². The zero-order chi connectivity index (χ0) is 13.4. The van der Waals surface area contributed by atoms with E-state index in [1.54, 1.807) is 18.2 Å². The molecule has 96 valence electrons. The van der Waals surface area contributed by atoms with Crippen molar-refractivity contribution < 1.29 is 14.6 Å². The molecule has 0 spiro atoms. The normalized spacial score (nSPS) is 11.4. The van der Waals surface area contributed by atoms with Gasteiger partial charge in [0.2, 0.25) is 0 Å². The number of carboxylic acids is 1. The lowest BCUT2D eigenvalue weighted by molar-refractivity contribution is -0.137. The second-order valence-corrected chi connectivity index (χ2v) is 3.62. The summed E-state index contributed by atoms with van der Waals surface area (Å²) in [6.45, 7) is 2.36. The number of carboxylic acid groups (broad SMARTS) is 1. The molecule has 1 aromatic carbocycles. The monoisotopic (exact) mass is 249 g/mol. The molecule has 0 radical (unpaired) electrons. The second-order valence-electron chi connectivity index (χ2n) is 3.62. The Balaban J connectivity index is 2.96. The molecule has 0 bridgehead atoms. The molecule has 0 heterocycles. The Labute approximate surface area is 105 Å². The molecule has 0 amide bonds. The van der Waals surface area contributed by atoms with Crippen LogP contribution in [0.5, 0.6) is 5.75 Å². The van der Waals surface area contributed by atoms with E-state index in [0.29, 0.717) is 12.4 Å². The van der Waals surface area contributed by atoms with Crippen molar-refractivity contribution in [2.24, 2.45) is 5.11 Å². The summed E-state index contributed by atoms with van der Waals surface area (Å²) >= 11 is 0. The zero-order valence-electron chi connectivity index (χ0n) is 10.1. The molecule has 1 atom stereocenters. The minimum Gasteiger partial charge on any atom is -0.494 e. The number of ether oxygens (including phenoxy) is 1. The lowest BCUT2D eigenvalue weighted by Crippen LogP contribution is -2.04. The summed E-state index contributed by atoms with van der Waals surface area (Å²) in [4.78, 5) is 13.4. The summed E-state index contributed by atoms with van der Waals surface area (Å²) in [5.41, 5.74) is 9.27. The van der Waals surface area contributed by atoms with Crippen LogP contribution < -0.4 is 4.74 Å². The first kappa shape index (κ1) is 13.9. The van der Waals surface area contributed by atoms with Crippen molar-refractivity contribution in [2.75, 3.05) is 6.61 Å². The summed E-state index contributed by atoms with van der Waals surface area (Å²) in [6, 6.07) is 6.66. The third-order valence-corrected chi connectivity index (χ3v) is 2.40. The Hall–Kier alpha value is -2.20. The van der Waals surface area contributed by atoms with Crippen molar-refractivity contribution in [3.05, 3.63) is 40.3 Å². The lowest BCUT2D eigenvalue weighted by Gasteiger charge is -2.15. The zero-order valence-corrected chi connectivity index (χ0v) is 10.1. The number of carbonyl (C=O) groups is 1.